The number of likely N-dealkylation sites (tertiary alicyclic amines) is 1. The van der Waals surface area contributed by atoms with Gasteiger partial charge >= 0.3 is 5.97 Å². The van der Waals surface area contributed by atoms with Crippen LogP contribution in [-0.2, 0) is 11.3 Å². The first-order chi connectivity index (χ1) is 23.2. The number of oxazole rings is 1. The molecule has 1 aliphatic heterocycles. The van der Waals surface area contributed by atoms with Crippen molar-refractivity contribution in [1.82, 2.24) is 19.9 Å². The molecule has 6 aromatic rings. The van der Waals surface area contributed by atoms with Gasteiger partial charge in [0.15, 0.2) is 17.7 Å². The van der Waals surface area contributed by atoms with Crippen LogP contribution in [0.15, 0.2) is 77.5 Å². The van der Waals surface area contributed by atoms with Gasteiger partial charge in [-0.15, -0.1) is 0 Å². The summed E-state index contributed by atoms with van der Waals surface area (Å²) < 4.78 is 6.25. The first-order valence-corrected chi connectivity index (χ1v) is 15.6. The van der Waals surface area contributed by atoms with Gasteiger partial charge < -0.3 is 14.8 Å². The Kier molecular flexibility index (Phi) is 7.70. The lowest BCUT2D eigenvalue weighted by Crippen LogP contribution is -2.31. The highest BCUT2D eigenvalue weighted by molar-refractivity contribution is 5.93. The summed E-state index contributed by atoms with van der Waals surface area (Å²) in [5, 5.41) is 23.9. The molecule has 48 heavy (non-hydrogen) atoms. The van der Waals surface area contributed by atoms with Gasteiger partial charge in [-0.1, -0.05) is 24.3 Å². The van der Waals surface area contributed by atoms with Gasteiger partial charge in [-0.2, -0.15) is 5.26 Å². The standard InChI is InChI=1S/C38H32N6O4/c1-22-28(29-7-5-9-31(23(29)2)42-35-33-26(10-12-40-35)15-25(20-45)18-41-33)6-4-8-30(22)36-43-32-16-24(14-27(17-39)34(32)48-36)19-44-13-11-38(3,21-44)37(46)47/h4-10,12,14-16,18,20H,11,13,19,21H2,1-3H3,(H,40,42)(H,46,47)/t38-/m1/s1. The minimum Gasteiger partial charge on any atom is -0.481 e. The summed E-state index contributed by atoms with van der Waals surface area (Å²) in [5.41, 5.74) is 8.38. The number of fused-ring (bicyclic) bond motifs is 2. The average molecular weight is 637 g/mol. The fourth-order valence-corrected chi connectivity index (χ4v) is 6.59. The van der Waals surface area contributed by atoms with Gasteiger partial charge in [0.2, 0.25) is 5.89 Å². The number of carbonyl (C=O) groups is 2. The van der Waals surface area contributed by atoms with Gasteiger partial charge in [-0.25, -0.2) is 9.97 Å². The second kappa shape index (κ2) is 12.0. The van der Waals surface area contributed by atoms with Crippen molar-refractivity contribution in [2.24, 2.45) is 5.41 Å². The Morgan fingerprint density at radius 2 is 1.85 bits per heavy atom. The number of carbonyl (C=O) groups excluding carboxylic acids is 1. The van der Waals surface area contributed by atoms with E-state index in [9.17, 15) is 20.0 Å². The van der Waals surface area contributed by atoms with Gasteiger partial charge in [0.05, 0.1) is 11.0 Å². The molecular formula is C38H32N6O4. The molecular weight excluding hydrogens is 604 g/mol. The van der Waals surface area contributed by atoms with Crippen molar-refractivity contribution >= 4 is 45.8 Å². The highest BCUT2D eigenvalue weighted by atomic mass is 16.4. The molecule has 0 radical (unpaired) electrons. The third kappa shape index (κ3) is 5.44. The number of aldehydes is 1. The van der Waals surface area contributed by atoms with E-state index in [1.807, 2.05) is 50.2 Å². The van der Waals surface area contributed by atoms with E-state index < -0.39 is 11.4 Å². The molecule has 1 saturated heterocycles. The highest BCUT2D eigenvalue weighted by Crippen LogP contribution is 2.38. The van der Waals surface area contributed by atoms with Crippen LogP contribution in [-0.4, -0.2) is 50.3 Å². The summed E-state index contributed by atoms with van der Waals surface area (Å²) >= 11 is 0. The number of hydrogen-bond donors (Lipinski definition) is 2. The molecule has 0 unspecified atom stereocenters. The van der Waals surface area contributed by atoms with Gasteiger partial charge in [0.25, 0.3) is 0 Å². The maximum absolute atomic E-state index is 11.7. The Morgan fingerprint density at radius 3 is 2.60 bits per heavy atom. The van der Waals surface area contributed by atoms with Gasteiger partial charge in [0.1, 0.15) is 17.1 Å². The molecule has 2 N–H and O–H groups in total. The molecule has 1 fully saturated rings. The van der Waals surface area contributed by atoms with E-state index >= 15 is 0 Å². The number of carboxylic acid groups (broad SMARTS) is 1. The fourth-order valence-electron chi connectivity index (χ4n) is 6.59. The molecule has 3 aromatic carbocycles. The Labute approximate surface area is 276 Å². The summed E-state index contributed by atoms with van der Waals surface area (Å²) in [6.45, 7) is 7.51. The first-order valence-electron chi connectivity index (χ1n) is 15.6. The molecule has 7 rings (SSSR count). The lowest BCUT2D eigenvalue weighted by atomic mass is 9.90. The number of rotatable bonds is 8. The molecule has 0 amide bonds. The summed E-state index contributed by atoms with van der Waals surface area (Å²) in [5.74, 6) is 0.227. The van der Waals surface area contributed by atoms with Crippen molar-refractivity contribution in [3.8, 4) is 28.7 Å². The molecule has 0 bridgehead atoms. The normalized spacial score (nSPS) is 16.3. The Hall–Kier alpha value is -5.92. The van der Waals surface area contributed by atoms with Crippen LogP contribution in [0.5, 0.6) is 0 Å². The number of nitriles is 1. The average Bonchev–Trinajstić information content (AvgIpc) is 3.69. The smallest absolute Gasteiger partial charge is 0.310 e. The quantitative estimate of drug-likeness (QED) is 0.162. The molecule has 3 aromatic heterocycles. The van der Waals surface area contributed by atoms with Crippen molar-refractivity contribution in [2.45, 2.75) is 33.7 Å². The fraction of sp³-hybridized carbons (Fsp3) is 0.211. The number of benzene rings is 3. The van der Waals surface area contributed by atoms with Gasteiger partial charge in [-0.05, 0) is 98.0 Å². The molecule has 10 nitrogen and oxygen atoms in total. The van der Waals surface area contributed by atoms with Crippen LogP contribution >= 0.6 is 0 Å². The summed E-state index contributed by atoms with van der Waals surface area (Å²) in [4.78, 5) is 38.9. The van der Waals surface area contributed by atoms with Crippen molar-refractivity contribution < 1.29 is 19.1 Å². The number of pyridine rings is 2. The third-order valence-electron chi connectivity index (χ3n) is 9.34. The summed E-state index contributed by atoms with van der Waals surface area (Å²) in [6.07, 6.45) is 4.59. The topological polar surface area (TPSA) is 145 Å². The van der Waals surface area contributed by atoms with Gasteiger partial charge in [0, 0.05) is 47.7 Å². The zero-order valence-electron chi connectivity index (χ0n) is 26.7. The maximum Gasteiger partial charge on any atom is 0.310 e. The molecule has 1 atom stereocenters. The maximum atomic E-state index is 11.7. The number of aromatic nitrogens is 3. The minimum absolute atomic E-state index is 0.392. The lowest BCUT2D eigenvalue weighted by Gasteiger charge is -2.20. The lowest BCUT2D eigenvalue weighted by molar-refractivity contribution is -0.147. The second-order valence-corrected chi connectivity index (χ2v) is 12.6. The zero-order valence-corrected chi connectivity index (χ0v) is 26.7. The van der Waals surface area contributed by atoms with Crippen LogP contribution in [0.4, 0.5) is 11.5 Å². The number of nitrogens with zero attached hydrogens (tertiary/aromatic N) is 5. The number of aliphatic carboxylic acids is 1. The van der Waals surface area contributed by atoms with Crippen LogP contribution in [0.3, 0.4) is 0 Å². The number of nitrogens with one attached hydrogen (secondary N) is 1. The number of hydrogen-bond acceptors (Lipinski definition) is 9. The predicted molar refractivity (Wildman–Crippen MR) is 183 cm³/mol. The Bertz CT molecular complexity index is 2310. The van der Waals surface area contributed by atoms with Crippen LogP contribution in [0, 0.1) is 30.6 Å². The van der Waals surface area contributed by atoms with E-state index in [1.165, 1.54) is 6.20 Å². The third-order valence-corrected chi connectivity index (χ3v) is 9.34. The molecule has 0 spiro atoms. The van der Waals surface area contributed by atoms with E-state index in [1.54, 1.807) is 25.3 Å². The Morgan fingerprint density at radius 1 is 1.08 bits per heavy atom. The molecule has 10 heteroatoms. The van der Waals surface area contributed by atoms with Crippen molar-refractivity contribution in [1.29, 1.82) is 5.26 Å². The van der Waals surface area contributed by atoms with E-state index in [4.69, 9.17) is 9.40 Å². The molecule has 0 aliphatic carbocycles. The van der Waals surface area contributed by atoms with E-state index in [-0.39, 0.29) is 0 Å². The van der Waals surface area contributed by atoms with Crippen LogP contribution in [0.2, 0.25) is 0 Å². The number of carboxylic acids is 1. The first kappa shape index (κ1) is 30.7. The van der Waals surface area contributed by atoms with Crippen LogP contribution in [0.1, 0.15) is 46.0 Å². The van der Waals surface area contributed by atoms with Crippen LogP contribution < -0.4 is 5.32 Å². The molecule has 238 valence electrons. The summed E-state index contributed by atoms with van der Waals surface area (Å²) in [6, 6.07) is 21.6. The van der Waals surface area contributed by atoms with Crippen molar-refractivity contribution in [3.63, 3.8) is 0 Å². The molecule has 0 saturated carbocycles. The monoisotopic (exact) mass is 636 g/mol. The highest BCUT2D eigenvalue weighted by Gasteiger charge is 2.40. The van der Waals surface area contributed by atoms with Gasteiger partial charge in [-0.3, -0.25) is 19.5 Å². The van der Waals surface area contributed by atoms with E-state index in [0.717, 1.165) is 50.7 Å². The number of anilines is 2. The molecule has 4 heterocycles. The van der Waals surface area contributed by atoms with Crippen molar-refractivity contribution in [3.05, 3.63) is 101 Å². The van der Waals surface area contributed by atoms with E-state index in [0.29, 0.717) is 65.5 Å². The largest absolute Gasteiger partial charge is 0.481 e. The summed E-state index contributed by atoms with van der Waals surface area (Å²) in [7, 11) is 0. The second-order valence-electron chi connectivity index (χ2n) is 12.6. The minimum atomic E-state index is -0.788. The zero-order chi connectivity index (χ0) is 33.6. The van der Waals surface area contributed by atoms with Crippen molar-refractivity contribution in [2.75, 3.05) is 18.4 Å². The van der Waals surface area contributed by atoms with Crippen LogP contribution in [0.25, 0.3) is 44.6 Å². The molecule has 1 aliphatic rings. The predicted octanol–water partition coefficient (Wildman–Crippen LogP) is 7.45. The Balaban J connectivity index is 1.21. The SMILES string of the molecule is Cc1c(Nc2nccc3cc(C=O)cnc23)cccc1-c1cccc(-c2nc3cc(CN4CC[C@@](C)(C(=O)O)C4)cc(C#N)c3o2)c1C. The van der Waals surface area contributed by atoms with E-state index in [2.05, 4.69) is 38.4 Å².